The zero-order valence-corrected chi connectivity index (χ0v) is 13.4. The molecule has 1 aromatic rings. The summed E-state index contributed by atoms with van der Waals surface area (Å²) in [7, 11) is 0. The fourth-order valence-corrected chi connectivity index (χ4v) is 2.39. The van der Waals surface area contributed by atoms with E-state index in [4.69, 9.17) is 5.11 Å². The number of amides is 1. The molecule has 0 spiro atoms. The van der Waals surface area contributed by atoms with Gasteiger partial charge in [0, 0.05) is 12.1 Å². The van der Waals surface area contributed by atoms with Crippen LogP contribution in [0.25, 0.3) is 0 Å². The first-order valence-electron chi connectivity index (χ1n) is 7.25. The first kappa shape index (κ1) is 17.2. The molecule has 0 saturated carbocycles. The standard InChI is InChI=1S/C15H25N3O3/c1-9(2)6-13(15(20)21)16-14(19)8-12(5)18-11(4)7-10(3)17-18/h7,9,12-13H,6,8H2,1-5H3,(H,16,19)(H,20,21)/t12?,13-/m0/s1. The second-order valence-corrected chi connectivity index (χ2v) is 6.01. The third-order valence-corrected chi connectivity index (χ3v) is 3.28. The number of nitrogens with one attached hydrogen (secondary N) is 1. The Morgan fingerprint density at radius 2 is 1.95 bits per heavy atom. The first-order chi connectivity index (χ1) is 9.70. The molecule has 0 bridgehead atoms. The lowest BCUT2D eigenvalue weighted by Crippen LogP contribution is -2.42. The van der Waals surface area contributed by atoms with Gasteiger partial charge in [-0.1, -0.05) is 13.8 Å². The molecule has 0 radical (unpaired) electrons. The molecule has 1 heterocycles. The largest absolute Gasteiger partial charge is 0.480 e. The van der Waals surface area contributed by atoms with E-state index < -0.39 is 12.0 Å². The number of hydrogen-bond donors (Lipinski definition) is 2. The molecule has 0 aliphatic carbocycles. The number of carbonyl (C=O) groups is 2. The molecular formula is C15H25N3O3. The minimum absolute atomic E-state index is 0.104. The van der Waals surface area contributed by atoms with Crippen LogP contribution in [0.4, 0.5) is 0 Å². The van der Waals surface area contributed by atoms with Crippen molar-refractivity contribution >= 4 is 11.9 Å². The summed E-state index contributed by atoms with van der Waals surface area (Å²) in [6.45, 7) is 9.60. The molecule has 0 saturated heterocycles. The number of aliphatic carboxylic acids is 1. The third-order valence-electron chi connectivity index (χ3n) is 3.28. The Balaban J connectivity index is 2.63. The van der Waals surface area contributed by atoms with Crippen molar-refractivity contribution in [1.82, 2.24) is 15.1 Å². The van der Waals surface area contributed by atoms with Crippen LogP contribution in [-0.4, -0.2) is 32.8 Å². The smallest absolute Gasteiger partial charge is 0.326 e. The van der Waals surface area contributed by atoms with Crippen molar-refractivity contribution in [2.45, 2.75) is 59.5 Å². The van der Waals surface area contributed by atoms with E-state index >= 15 is 0 Å². The highest BCUT2D eigenvalue weighted by atomic mass is 16.4. The monoisotopic (exact) mass is 295 g/mol. The Bertz CT molecular complexity index is 508. The summed E-state index contributed by atoms with van der Waals surface area (Å²) in [6, 6.07) is 1.02. The van der Waals surface area contributed by atoms with Gasteiger partial charge in [0.25, 0.3) is 0 Å². The van der Waals surface area contributed by atoms with E-state index in [9.17, 15) is 9.59 Å². The molecule has 0 aromatic carbocycles. The van der Waals surface area contributed by atoms with Gasteiger partial charge in [0.1, 0.15) is 6.04 Å². The van der Waals surface area contributed by atoms with Gasteiger partial charge >= 0.3 is 5.97 Å². The SMILES string of the molecule is Cc1cc(C)n(C(C)CC(=O)N[C@@H](CC(C)C)C(=O)O)n1. The van der Waals surface area contributed by atoms with Crippen LogP contribution in [0.3, 0.4) is 0 Å². The maximum atomic E-state index is 12.0. The quantitative estimate of drug-likeness (QED) is 0.806. The van der Waals surface area contributed by atoms with E-state index in [2.05, 4.69) is 10.4 Å². The number of aryl methyl sites for hydroxylation is 2. The highest BCUT2D eigenvalue weighted by molar-refractivity contribution is 5.83. The second-order valence-electron chi connectivity index (χ2n) is 6.01. The van der Waals surface area contributed by atoms with Gasteiger partial charge in [-0.2, -0.15) is 5.10 Å². The van der Waals surface area contributed by atoms with E-state index in [1.807, 2.05) is 40.7 Å². The molecule has 2 N–H and O–H groups in total. The summed E-state index contributed by atoms with van der Waals surface area (Å²) in [4.78, 5) is 23.2. The van der Waals surface area contributed by atoms with Gasteiger partial charge in [0.15, 0.2) is 0 Å². The summed E-state index contributed by atoms with van der Waals surface area (Å²) >= 11 is 0. The van der Waals surface area contributed by atoms with Crippen molar-refractivity contribution in [3.63, 3.8) is 0 Å². The number of rotatable bonds is 7. The summed E-state index contributed by atoms with van der Waals surface area (Å²) in [6.07, 6.45) is 0.638. The van der Waals surface area contributed by atoms with Gasteiger partial charge in [-0.05, 0) is 39.2 Å². The van der Waals surface area contributed by atoms with Gasteiger partial charge in [0.2, 0.25) is 5.91 Å². The van der Waals surface area contributed by atoms with Crippen LogP contribution in [-0.2, 0) is 9.59 Å². The fraction of sp³-hybridized carbons (Fsp3) is 0.667. The molecule has 118 valence electrons. The number of carbonyl (C=O) groups excluding carboxylic acids is 1. The average molecular weight is 295 g/mol. The van der Waals surface area contributed by atoms with E-state index in [-0.39, 0.29) is 24.3 Å². The molecule has 1 amide bonds. The summed E-state index contributed by atoms with van der Waals surface area (Å²) in [5, 5.41) is 16.1. The topological polar surface area (TPSA) is 84.2 Å². The van der Waals surface area contributed by atoms with Crippen LogP contribution in [0, 0.1) is 19.8 Å². The van der Waals surface area contributed by atoms with Gasteiger partial charge in [-0.15, -0.1) is 0 Å². The van der Waals surface area contributed by atoms with Crippen molar-refractivity contribution in [1.29, 1.82) is 0 Å². The maximum absolute atomic E-state index is 12.0. The van der Waals surface area contributed by atoms with Gasteiger partial charge in [-0.25, -0.2) is 4.79 Å². The lowest BCUT2D eigenvalue weighted by Gasteiger charge is -2.19. The summed E-state index contributed by atoms with van der Waals surface area (Å²) < 4.78 is 1.80. The number of nitrogens with zero attached hydrogens (tertiary/aromatic N) is 2. The molecule has 6 heteroatoms. The van der Waals surface area contributed by atoms with Crippen molar-refractivity contribution in [2.75, 3.05) is 0 Å². The molecule has 1 aromatic heterocycles. The van der Waals surface area contributed by atoms with Crippen molar-refractivity contribution in [3.05, 3.63) is 17.5 Å². The third kappa shape index (κ3) is 5.21. The van der Waals surface area contributed by atoms with Crippen LogP contribution in [0.15, 0.2) is 6.07 Å². The van der Waals surface area contributed by atoms with Gasteiger partial charge in [-0.3, -0.25) is 9.48 Å². The highest BCUT2D eigenvalue weighted by Gasteiger charge is 2.22. The predicted molar refractivity (Wildman–Crippen MR) is 80.1 cm³/mol. The first-order valence-corrected chi connectivity index (χ1v) is 7.25. The summed E-state index contributed by atoms with van der Waals surface area (Å²) in [5.74, 6) is -1.04. The van der Waals surface area contributed by atoms with Crippen LogP contribution in [0.2, 0.25) is 0 Å². The Kier molecular flexibility index (Phi) is 5.93. The lowest BCUT2D eigenvalue weighted by atomic mass is 10.0. The Morgan fingerprint density at radius 3 is 2.38 bits per heavy atom. The van der Waals surface area contributed by atoms with E-state index in [0.29, 0.717) is 6.42 Å². The zero-order chi connectivity index (χ0) is 16.2. The molecule has 2 atom stereocenters. The molecule has 0 fully saturated rings. The molecule has 0 aliphatic heterocycles. The molecule has 1 rings (SSSR count). The lowest BCUT2D eigenvalue weighted by molar-refractivity contribution is -0.142. The number of aromatic nitrogens is 2. The normalized spacial score (nSPS) is 14.0. The Labute approximate surface area is 125 Å². The fourth-order valence-electron chi connectivity index (χ4n) is 2.39. The molecule has 21 heavy (non-hydrogen) atoms. The van der Waals surface area contributed by atoms with Crippen molar-refractivity contribution in [2.24, 2.45) is 5.92 Å². The van der Waals surface area contributed by atoms with Crippen LogP contribution in [0.1, 0.15) is 51.0 Å². The minimum Gasteiger partial charge on any atom is -0.480 e. The predicted octanol–water partition coefficient (Wildman–Crippen LogP) is 2.07. The number of hydrogen-bond acceptors (Lipinski definition) is 3. The molecule has 0 aliphatic rings. The minimum atomic E-state index is -0.990. The van der Waals surface area contributed by atoms with E-state index in [1.165, 1.54) is 0 Å². The van der Waals surface area contributed by atoms with Crippen molar-refractivity contribution < 1.29 is 14.7 Å². The molecular weight excluding hydrogens is 270 g/mol. The highest BCUT2D eigenvalue weighted by Crippen LogP contribution is 2.14. The van der Waals surface area contributed by atoms with Crippen LogP contribution in [0.5, 0.6) is 0 Å². The number of carboxylic acids is 1. The second kappa shape index (κ2) is 7.24. The van der Waals surface area contributed by atoms with E-state index in [1.54, 1.807) is 4.68 Å². The number of carboxylic acid groups (broad SMARTS) is 1. The van der Waals surface area contributed by atoms with Gasteiger partial charge in [0.05, 0.1) is 11.7 Å². The molecule has 1 unspecified atom stereocenters. The van der Waals surface area contributed by atoms with Gasteiger partial charge < -0.3 is 10.4 Å². The Hall–Kier alpha value is -1.85. The Morgan fingerprint density at radius 1 is 1.33 bits per heavy atom. The zero-order valence-electron chi connectivity index (χ0n) is 13.4. The average Bonchev–Trinajstić information content (AvgIpc) is 2.66. The molecule has 6 nitrogen and oxygen atoms in total. The van der Waals surface area contributed by atoms with E-state index in [0.717, 1.165) is 11.4 Å². The summed E-state index contributed by atoms with van der Waals surface area (Å²) in [5.41, 5.74) is 1.90. The van der Waals surface area contributed by atoms with Crippen LogP contribution < -0.4 is 5.32 Å². The van der Waals surface area contributed by atoms with Crippen molar-refractivity contribution in [3.8, 4) is 0 Å². The maximum Gasteiger partial charge on any atom is 0.326 e. The van der Waals surface area contributed by atoms with Crippen LogP contribution >= 0.6 is 0 Å².